The zero-order chi connectivity index (χ0) is 17.3. The molecule has 1 atom stereocenters. The maximum absolute atomic E-state index is 12.6. The molecule has 0 N–H and O–H groups in total. The number of carbonyl (C=O) groups excluding carboxylic acids is 2. The van der Waals surface area contributed by atoms with Crippen LogP contribution < -0.4 is 4.90 Å². The summed E-state index contributed by atoms with van der Waals surface area (Å²) >= 11 is 6.18. The normalized spacial score (nSPS) is 18.6. The molecule has 122 valence electrons. The predicted octanol–water partition coefficient (Wildman–Crippen LogP) is 3.38. The second kappa shape index (κ2) is 6.57. The zero-order valence-corrected chi connectivity index (χ0v) is 14.2. The van der Waals surface area contributed by atoms with E-state index in [1.165, 1.54) is 0 Å². The minimum Gasteiger partial charge on any atom is -0.378 e. The van der Waals surface area contributed by atoms with Crippen LogP contribution in [0.4, 0.5) is 5.69 Å². The molecule has 0 spiro atoms. The third-order valence-corrected chi connectivity index (χ3v) is 4.43. The highest BCUT2D eigenvalue weighted by molar-refractivity contribution is 6.64. The zero-order valence-electron chi connectivity index (χ0n) is 13.5. The lowest BCUT2D eigenvalue weighted by Gasteiger charge is -2.19. The van der Waals surface area contributed by atoms with E-state index >= 15 is 0 Å². The predicted molar refractivity (Wildman–Crippen MR) is 96.7 cm³/mol. The summed E-state index contributed by atoms with van der Waals surface area (Å²) in [6.07, 6.45) is 0. The Balaban J connectivity index is 1.87. The number of alkyl halides is 1. The van der Waals surface area contributed by atoms with E-state index in [-0.39, 0.29) is 17.3 Å². The number of rotatable bonds is 3. The van der Waals surface area contributed by atoms with Crippen LogP contribution in [-0.4, -0.2) is 36.8 Å². The Labute approximate surface area is 145 Å². The highest BCUT2D eigenvalue weighted by Gasteiger charge is 2.36. The lowest BCUT2D eigenvalue weighted by Crippen LogP contribution is -2.38. The van der Waals surface area contributed by atoms with Crippen molar-refractivity contribution < 1.29 is 9.59 Å². The number of fused-ring (bicyclic) bond motifs is 1. The summed E-state index contributed by atoms with van der Waals surface area (Å²) in [7, 11) is 3.94. The first-order valence-corrected chi connectivity index (χ1v) is 8.05. The second-order valence-electron chi connectivity index (χ2n) is 5.86. The van der Waals surface area contributed by atoms with Crippen LogP contribution >= 0.6 is 11.6 Å². The van der Waals surface area contributed by atoms with Crippen molar-refractivity contribution in [2.75, 3.05) is 19.0 Å². The van der Waals surface area contributed by atoms with Crippen molar-refractivity contribution in [1.29, 1.82) is 0 Å². The molecule has 0 amide bonds. The van der Waals surface area contributed by atoms with Gasteiger partial charge < -0.3 is 4.90 Å². The van der Waals surface area contributed by atoms with Crippen LogP contribution in [0.25, 0.3) is 0 Å². The van der Waals surface area contributed by atoms with Crippen LogP contribution in [0.2, 0.25) is 0 Å². The molecule has 0 aliphatic heterocycles. The average molecular weight is 341 g/mol. The number of Topliss-reactive ketones (excluding diaryl/α,β-unsaturated/α-hetero) is 2. The molecule has 24 heavy (non-hydrogen) atoms. The van der Waals surface area contributed by atoms with E-state index in [0.29, 0.717) is 17.7 Å². The van der Waals surface area contributed by atoms with Gasteiger partial charge in [-0.15, -0.1) is 11.6 Å². The van der Waals surface area contributed by atoms with E-state index in [9.17, 15) is 9.59 Å². The van der Waals surface area contributed by atoms with E-state index in [4.69, 9.17) is 11.6 Å². The molecule has 2 aromatic rings. The molecule has 3 rings (SSSR count). The molecule has 5 heteroatoms. The fourth-order valence-corrected chi connectivity index (χ4v) is 2.92. The number of carbonyl (C=O) groups is 2. The van der Waals surface area contributed by atoms with Gasteiger partial charge in [-0.2, -0.15) is 0 Å². The van der Waals surface area contributed by atoms with Crippen LogP contribution in [-0.2, 0) is 6.54 Å². The molecule has 1 aliphatic rings. The third kappa shape index (κ3) is 2.97. The van der Waals surface area contributed by atoms with Gasteiger partial charge in [-0.1, -0.05) is 36.4 Å². The van der Waals surface area contributed by atoms with Crippen molar-refractivity contribution in [1.82, 2.24) is 0 Å². The van der Waals surface area contributed by atoms with Gasteiger partial charge in [0.25, 0.3) is 0 Å². The van der Waals surface area contributed by atoms with Crippen LogP contribution in [0.1, 0.15) is 26.3 Å². The first-order chi connectivity index (χ1) is 11.5. The van der Waals surface area contributed by atoms with E-state index in [1.54, 1.807) is 24.3 Å². The van der Waals surface area contributed by atoms with Crippen molar-refractivity contribution in [2.24, 2.45) is 4.99 Å². The fraction of sp³-hybridized carbons (Fsp3) is 0.211. The average Bonchev–Trinajstić information content (AvgIpc) is 2.60. The minimum absolute atomic E-state index is 0.122. The molecule has 0 aromatic heterocycles. The summed E-state index contributed by atoms with van der Waals surface area (Å²) in [5.41, 5.74) is 2.91. The molecule has 0 bridgehead atoms. The van der Waals surface area contributed by atoms with E-state index in [2.05, 4.69) is 4.99 Å². The fourth-order valence-electron chi connectivity index (χ4n) is 2.64. The summed E-state index contributed by atoms with van der Waals surface area (Å²) in [5.74, 6) is -0.538. The Hall–Kier alpha value is -2.46. The highest BCUT2D eigenvalue weighted by Crippen LogP contribution is 2.24. The number of halogens is 1. The van der Waals surface area contributed by atoms with Crippen molar-refractivity contribution in [3.05, 3.63) is 65.2 Å². The maximum Gasteiger partial charge on any atom is 0.209 e. The standard InChI is InChI=1S/C19H17ClN2O2/c1-22(2)13-9-7-12(8-10-13)11-21-17-16(20)18(23)14-5-3-4-6-15(14)19(17)24/h3-10,16H,11H2,1-2H3. The van der Waals surface area contributed by atoms with E-state index < -0.39 is 5.38 Å². The van der Waals surface area contributed by atoms with Gasteiger partial charge in [-0.05, 0) is 17.7 Å². The Morgan fingerprint density at radius 1 is 1.00 bits per heavy atom. The Morgan fingerprint density at radius 3 is 2.25 bits per heavy atom. The summed E-state index contributed by atoms with van der Waals surface area (Å²) < 4.78 is 0. The second-order valence-corrected chi connectivity index (χ2v) is 6.30. The van der Waals surface area contributed by atoms with Gasteiger partial charge >= 0.3 is 0 Å². The van der Waals surface area contributed by atoms with Gasteiger partial charge in [-0.25, -0.2) is 0 Å². The smallest absolute Gasteiger partial charge is 0.209 e. The molecular formula is C19H17ClN2O2. The maximum atomic E-state index is 12.6. The molecule has 0 radical (unpaired) electrons. The van der Waals surface area contributed by atoms with E-state index in [1.807, 2.05) is 43.3 Å². The summed E-state index contributed by atoms with van der Waals surface area (Å²) in [6, 6.07) is 14.6. The SMILES string of the molecule is CN(C)c1ccc(CN=C2C(=O)c3ccccc3C(=O)C2Cl)cc1. The minimum atomic E-state index is -1.02. The Bertz CT molecular complexity index is 826. The largest absolute Gasteiger partial charge is 0.378 e. The Morgan fingerprint density at radius 2 is 1.62 bits per heavy atom. The number of nitrogens with zero attached hydrogens (tertiary/aromatic N) is 2. The molecule has 2 aromatic carbocycles. The van der Waals surface area contributed by atoms with Gasteiger partial charge in [0, 0.05) is 30.9 Å². The van der Waals surface area contributed by atoms with Crippen molar-refractivity contribution in [2.45, 2.75) is 11.9 Å². The summed E-state index contributed by atoms with van der Waals surface area (Å²) in [6.45, 7) is 0.313. The van der Waals surface area contributed by atoms with E-state index in [0.717, 1.165) is 11.3 Å². The third-order valence-electron chi connectivity index (χ3n) is 4.02. The first-order valence-electron chi connectivity index (χ1n) is 7.61. The van der Waals surface area contributed by atoms with Crippen molar-refractivity contribution in [3.63, 3.8) is 0 Å². The number of ketones is 2. The quantitative estimate of drug-likeness (QED) is 0.805. The molecule has 0 fully saturated rings. The number of benzene rings is 2. The summed E-state index contributed by atoms with van der Waals surface area (Å²) in [5, 5.41) is -1.02. The van der Waals surface area contributed by atoms with Gasteiger partial charge in [0.2, 0.25) is 5.78 Å². The first kappa shape index (κ1) is 16.4. The molecule has 1 aliphatic carbocycles. The van der Waals surface area contributed by atoms with Gasteiger partial charge in [0.15, 0.2) is 5.78 Å². The molecule has 0 heterocycles. The van der Waals surface area contributed by atoms with Crippen molar-refractivity contribution in [3.8, 4) is 0 Å². The lowest BCUT2D eigenvalue weighted by molar-refractivity contribution is 0.0967. The van der Waals surface area contributed by atoms with Crippen LogP contribution in [0.5, 0.6) is 0 Å². The number of anilines is 1. The van der Waals surface area contributed by atoms with Crippen molar-refractivity contribution >= 4 is 34.6 Å². The van der Waals surface area contributed by atoms with Gasteiger partial charge in [0.05, 0.1) is 6.54 Å². The van der Waals surface area contributed by atoms with Crippen LogP contribution in [0.15, 0.2) is 53.5 Å². The van der Waals surface area contributed by atoms with Gasteiger partial charge in [0.1, 0.15) is 11.1 Å². The lowest BCUT2D eigenvalue weighted by atomic mass is 9.88. The highest BCUT2D eigenvalue weighted by atomic mass is 35.5. The number of hydrogen-bond donors (Lipinski definition) is 0. The topological polar surface area (TPSA) is 49.7 Å². The molecule has 0 saturated carbocycles. The molecule has 0 saturated heterocycles. The number of hydrogen-bond acceptors (Lipinski definition) is 4. The molecular weight excluding hydrogens is 324 g/mol. The van der Waals surface area contributed by atoms with Crippen LogP contribution in [0.3, 0.4) is 0 Å². The monoisotopic (exact) mass is 340 g/mol. The molecule has 1 unspecified atom stereocenters. The summed E-state index contributed by atoms with van der Waals surface area (Å²) in [4.78, 5) is 31.2. The van der Waals surface area contributed by atoms with Crippen LogP contribution in [0, 0.1) is 0 Å². The number of aliphatic imine (C=N–C) groups is 1. The van der Waals surface area contributed by atoms with Gasteiger partial charge in [-0.3, -0.25) is 14.6 Å². The molecule has 4 nitrogen and oxygen atoms in total. The Kier molecular flexibility index (Phi) is 4.49.